The zero-order chi connectivity index (χ0) is 16.4. The fraction of sp³-hybridized carbons (Fsp3) is 0.471. The molecule has 1 unspecified atom stereocenters. The van der Waals surface area contributed by atoms with E-state index in [1.54, 1.807) is 20.3 Å². The Labute approximate surface area is 131 Å². The second-order valence-corrected chi connectivity index (χ2v) is 4.97. The maximum Gasteiger partial charge on any atom is 0.220 e. The van der Waals surface area contributed by atoms with Crippen molar-refractivity contribution < 1.29 is 19.4 Å². The molecule has 0 saturated carbocycles. The fourth-order valence-electron chi connectivity index (χ4n) is 2.05. The minimum absolute atomic E-state index is 0.0664. The zero-order valence-corrected chi connectivity index (χ0v) is 13.5. The molecular formula is C17H25NO4. The lowest BCUT2D eigenvalue weighted by Gasteiger charge is -2.14. The lowest BCUT2D eigenvalue weighted by Crippen LogP contribution is -2.37. The van der Waals surface area contributed by atoms with Crippen LogP contribution >= 0.6 is 0 Å². The first-order valence-electron chi connectivity index (χ1n) is 7.36. The Morgan fingerprint density at radius 1 is 1.27 bits per heavy atom. The van der Waals surface area contributed by atoms with Crippen molar-refractivity contribution in [2.75, 3.05) is 20.8 Å². The molecule has 0 bridgehead atoms. The summed E-state index contributed by atoms with van der Waals surface area (Å²) in [7, 11) is 3.19. The van der Waals surface area contributed by atoms with E-state index in [1.165, 1.54) is 0 Å². The minimum Gasteiger partial charge on any atom is -0.497 e. The number of amides is 1. The first-order valence-corrected chi connectivity index (χ1v) is 7.36. The molecule has 2 N–H and O–H groups in total. The van der Waals surface area contributed by atoms with Crippen molar-refractivity contribution in [3.05, 3.63) is 35.9 Å². The van der Waals surface area contributed by atoms with Crippen molar-refractivity contribution in [3.8, 4) is 11.5 Å². The number of carbonyl (C=O) groups excluding carboxylic acids is 1. The smallest absolute Gasteiger partial charge is 0.220 e. The van der Waals surface area contributed by atoms with E-state index < -0.39 is 0 Å². The summed E-state index contributed by atoms with van der Waals surface area (Å²) >= 11 is 0. The maximum atomic E-state index is 11.9. The highest BCUT2D eigenvalue weighted by Gasteiger charge is 2.10. The predicted octanol–water partition coefficient (Wildman–Crippen LogP) is 2.08. The van der Waals surface area contributed by atoms with Crippen molar-refractivity contribution >= 4 is 5.91 Å². The van der Waals surface area contributed by atoms with Gasteiger partial charge in [-0.05, 0) is 37.5 Å². The van der Waals surface area contributed by atoms with Crippen molar-refractivity contribution in [3.63, 3.8) is 0 Å². The molecule has 0 radical (unpaired) electrons. The monoisotopic (exact) mass is 307 g/mol. The number of benzene rings is 1. The molecule has 0 spiro atoms. The van der Waals surface area contributed by atoms with Crippen LogP contribution in [0.5, 0.6) is 11.5 Å². The molecule has 1 aromatic rings. The SMILES string of the molecule is C/C=C/CC(CO)NC(=O)CCc1cc(OC)cc(OC)c1. The average Bonchev–Trinajstić information content (AvgIpc) is 2.56. The largest absolute Gasteiger partial charge is 0.497 e. The summed E-state index contributed by atoms with van der Waals surface area (Å²) in [6.07, 6.45) is 5.39. The Bertz CT molecular complexity index is 477. The summed E-state index contributed by atoms with van der Waals surface area (Å²) < 4.78 is 10.4. The quantitative estimate of drug-likeness (QED) is 0.685. The summed E-state index contributed by atoms with van der Waals surface area (Å²) in [5.74, 6) is 1.33. The van der Waals surface area contributed by atoms with Gasteiger partial charge in [-0.25, -0.2) is 0 Å². The Hall–Kier alpha value is -2.01. The van der Waals surface area contributed by atoms with E-state index in [2.05, 4.69) is 5.32 Å². The second-order valence-electron chi connectivity index (χ2n) is 4.97. The van der Waals surface area contributed by atoms with Crippen molar-refractivity contribution in [2.24, 2.45) is 0 Å². The number of carbonyl (C=O) groups is 1. The Balaban J connectivity index is 2.56. The van der Waals surface area contributed by atoms with Crippen molar-refractivity contribution in [2.45, 2.75) is 32.2 Å². The minimum atomic E-state index is -0.233. The molecule has 5 nitrogen and oxygen atoms in total. The summed E-state index contributed by atoms with van der Waals surface area (Å²) in [4.78, 5) is 11.9. The van der Waals surface area contributed by atoms with Crippen LogP contribution < -0.4 is 14.8 Å². The number of aryl methyl sites for hydroxylation is 1. The predicted molar refractivity (Wildman–Crippen MR) is 86.3 cm³/mol. The molecule has 0 aliphatic heterocycles. The van der Waals surface area contributed by atoms with Crippen LogP contribution in [-0.2, 0) is 11.2 Å². The Morgan fingerprint density at radius 2 is 1.91 bits per heavy atom. The van der Waals surface area contributed by atoms with Gasteiger partial charge >= 0.3 is 0 Å². The first kappa shape index (κ1) is 18.0. The number of aliphatic hydroxyl groups is 1. The number of ether oxygens (including phenoxy) is 2. The first-order chi connectivity index (χ1) is 10.6. The van der Waals surface area contributed by atoms with Crippen LogP contribution in [-0.4, -0.2) is 37.9 Å². The highest BCUT2D eigenvalue weighted by molar-refractivity contribution is 5.76. The summed E-state index contributed by atoms with van der Waals surface area (Å²) in [6.45, 7) is 1.84. The molecule has 0 fully saturated rings. The van der Waals surface area contributed by atoms with Crippen LogP contribution in [0.25, 0.3) is 0 Å². The highest BCUT2D eigenvalue weighted by atomic mass is 16.5. The second kappa shape index (κ2) is 9.84. The number of rotatable bonds is 9. The van der Waals surface area contributed by atoms with Gasteiger partial charge in [0, 0.05) is 12.5 Å². The van der Waals surface area contributed by atoms with Crippen molar-refractivity contribution in [1.82, 2.24) is 5.32 Å². The van der Waals surface area contributed by atoms with Gasteiger partial charge in [-0.1, -0.05) is 12.2 Å². The highest BCUT2D eigenvalue weighted by Crippen LogP contribution is 2.23. The van der Waals surface area contributed by atoms with Gasteiger partial charge in [0.1, 0.15) is 11.5 Å². The number of aliphatic hydroxyl groups excluding tert-OH is 1. The van der Waals surface area contributed by atoms with Gasteiger partial charge in [0.05, 0.1) is 26.9 Å². The Kier molecular flexibility index (Phi) is 8.07. The standard InChI is InChI=1S/C17H25NO4/c1-4-5-6-14(12-19)18-17(20)8-7-13-9-15(21-2)11-16(10-13)22-3/h4-5,9-11,14,19H,6-8,12H2,1-3H3,(H,18,20)/b5-4+. The third-order valence-electron chi connectivity index (χ3n) is 3.29. The topological polar surface area (TPSA) is 67.8 Å². The molecule has 0 aromatic heterocycles. The van der Waals surface area contributed by atoms with Gasteiger partial charge in [0.25, 0.3) is 0 Å². The molecule has 0 aliphatic carbocycles. The van der Waals surface area contributed by atoms with Crippen LogP contribution in [0.4, 0.5) is 0 Å². The van der Waals surface area contributed by atoms with Crippen LogP contribution in [0.1, 0.15) is 25.3 Å². The molecular weight excluding hydrogens is 282 g/mol. The normalized spacial score (nSPS) is 12.2. The summed E-state index contributed by atoms with van der Waals surface area (Å²) in [5.41, 5.74) is 0.973. The van der Waals surface area contributed by atoms with E-state index in [-0.39, 0.29) is 18.6 Å². The van der Waals surface area contributed by atoms with Crippen molar-refractivity contribution in [1.29, 1.82) is 0 Å². The van der Waals surface area contributed by atoms with Crippen LogP contribution in [0.2, 0.25) is 0 Å². The molecule has 0 aliphatic rings. The third-order valence-corrected chi connectivity index (χ3v) is 3.29. The molecule has 1 rings (SSSR count). The molecule has 1 atom stereocenters. The molecule has 1 amide bonds. The van der Waals surface area contributed by atoms with E-state index in [4.69, 9.17) is 9.47 Å². The van der Waals surface area contributed by atoms with Crippen LogP contribution in [0.3, 0.4) is 0 Å². The van der Waals surface area contributed by atoms with Gasteiger partial charge < -0.3 is 19.9 Å². The van der Waals surface area contributed by atoms with E-state index in [9.17, 15) is 9.90 Å². The summed E-state index contributed by atoms with van der Waals surface area (Å²) in [5, 5.41) is 12.1. The maximum absolute atomic E-state index is 11.9. The molecule has 5 heteroatoms. The van der Waals surface area contributed by atoms with E-state index in [1.807, 2.05) is 31.2 Å². The molecule has 0 heterocycles. The van der Waals surface area contributed by atoms with Gasteiger partial charge in [0.2, 0.25) is 5.91 Å². The average molecular weight is 307 g/mol. The number of hydrogen-bond donors (Lipinski definition) is 2. The van der Waals surface area contributed by atoms with Crippen LogP contribution in [0, 0.1) is 0 Å². The fourth-order valence-corrected chi connectivity index (χ4v) is 2.05. The Morgan fingerprint density at radius 3 is 2.41 bits per heavy atom. The van der Waals surface area contributed by atoms with E-state index in [0.29, 0.717) is 30.8 Å². The molecule has 22 heavy (non-hydrogen) atoms. The number of allylic oxidation sites excluding steroid dienone is 1. The third kappa shape index (κ3) is 6.18. The lowest BCUT2D eigenvalue weighted by atomic mass is 10.1. The van der Waals surface area contributed by atoms with E-state index in [0.717, 1.165) is 5.56 Å². The van der Waals surface area contributed by atoms with Gasteiger partial charge in [-0.15, -0.1) is 0 Å². The zero-order valence-electron chi connectivity index (χ0n) is 13.5. The number of nitrogens with one attached hydrogen (secondary N) is 1. The summed E-state index contributed by atoms with van der Waals surface area (Å²) in [6, 6.07) is 5.34. The van der Waals surface area contributed by atoms with E-state index >= 15 is 0 Å². The van der Waals surface area contributed by atoms with Gasteiger partial charge in [-0.2, -0.15) is 0 Å². The number of methoxy groups -OCH3 is 2. The molecule has 1 aromatic carbocycles. The lowest BCUT2D eigenvalue weighted by molar-refractivity contribution is -0.122. The van der Waals surface area contributed by atoms with Gasteiger partial charge in [-0.3, -0.25) is 4.79 Å². The van der Waals surface area contributed by atoms with Crippen LogP contribution in [0.15, 0.2) is 30.4 Å². The number of hydrogen-bond acceptors (Lipinski definition) is 4. The molecule has 122 valence electrons. The molecule has 0 saturated heterocycles. The van der Waals surface area contributed by atoms with Gasteiger partial charge in [0.15, 0.2) is 0 Å².